The van der Waals surface area contributed by atoms with Crippen molar-refractivity contribution in [1.29, 1.82) is 0 Å². The van der Waals surface area contributed by atoms with E-state index in [2.05, 4.69) is 27.9 Å². The van der Waals surface area contributed by atoms with Gasteiger partial charge < -0.3 is 15.8 Å². The molecular weight excluding hydrogens is 374 g/mol. The number of carbonyl (C=O) groups excluding carboxylic acids is 1. The van der Waals surface area contributed by atoms with Crippen LogP contribution in [0.4, 0.5) is 15.8 Å². The lowest BCUT2D eigenvalue weighted by Gasteiger charge is -2.09. The van der Waals surface area contributed by atoms with Crippen molar-refractivity contribution >= 4 is 39.9 Å². The molecule has 6 heteroatoms. The highest BCUT2D eigenvalue weighted by atomic mass is 127. The highest BCUT2D eigenvalue weighted by Crippen LogP contribution is 2.17. The number of benzene rings is 2. The predicted molar refractivity (Wildman–Crippen MR) is 84.1 cm³/mol. The fourth-order valence-corrected chi connectivity index (χ4v) is 1.86. The first-order valence-electron chi connectivity index (χ1n) is 5.78. The maximum absolute atomic E-state index is 13.4. The van der Waals surface area contributed by atoms with Crippen LogP contribution in [0.25, 0.3) is 0 Å². The summed E-state index contributed by atoms with van der Waals surface area (Å²) in [6.45, 7) is -0.200. The number of anilines is 2. The van der Waals surface area contributed by atoms with Crippen molar-refractivity contribution in [2.75, 3.05) is 17.7 Å². The van der Waals surface area contributed by atoms with Crippen LogP contribution in [0.2, 0.25) is 0 Å². The summed E-state index contributed by atoms with van der Waals surface area (Å²) in [5.74, 6) is -0.413. The molecule has 0 atom stereocenters. The van der Waals surface area contributed by atoms with E-state index in [0.717, 1.165) is 3.57 Å². The second-order valence-corrected chi connectivity index (χ2v) is 5.28. The standard InChI is InChI=1S/C14H12FIN2O2/c15-12-6-3-10(17)7-13(12)18-14(19)8-20-11-4-1-9(16)2-5-11/h1-7H,8,17H2,(H,18,19). The minimum atomic E-state index is -0.540. The lowest BCUT2D eigenvalue weighted by Crippen LogP contribution is -2.20. The van der Waals surface area contributed by atoms with E-state index in [1.54, 1.807) is 12.1 Å². The van der Waals surface area contributed by atoms with Crippen LogP contribution in [0.15, 0.2) is 42.5 Å². The van der Waals surface area contributed by atoms with Crippen LogP contribution in [0.5, 0.6) is 5.75 Å². The number of nitrogens with one attached hydrogen (secondary N) is 1. The van der Waals surface area contributed by atoms with E-state index >= 15 is 0 Å². The van der Waals surface area contributed by atoms with Gasteiger partial charge in [0.15, 0.2) is 6.61 Å². The molecule has 0 saturated heterocycles. The van der Waals surface area contributed by atoms with E-state index in [4.69, 9.17) is 10.5 Å². The average Bonchev–Trinajstić information content (AvgIpc) is 2.42. The zero-order chi connectivity index (χ0) is 14.5. The molecule has 0 aliphatic rings. The molecule has 0 aromatic heterocycles. The van der Waals surface area contributed by atoms with Gasteiger partial charge in [0.05, 0.1) is 5.69 Å². The third-order valence-corrected chi connectivity index (χ3v) is 3.17. The van der Waals surface area contributed by atoms with Gasteiger partial charge in [-0.3, -0.25) is 4.79 Å². The average molecular weight is 386 g/mol. The van der Waals surface area contributed by atoms with Gasteiger partial charge in [0.25, 0.3) is 5.91 Å². The molecule has 0 aliphatic carbocycles. The Hall–Kier alpha value is -1.83. The smallest absolute Gasteiger partial charge is 0.262 e. The molecule has 0 radical (unpaired) electrons. The molecule has 0 fully saturated rings. The van der Waals surface area contributed by atoms with E-state index in [1.165, 1.54) is 18.2 Å². The number of hydrogen-bond donors (Lipinski definition) is 2. The third-order valence-electron chi connectivity index (χ3n) is 2.45. The van der Waals surface area contributed by atoms with Crippen LogP contribution in [0.3, 0.4) is 0 Å². The molecule has 0 unspecified atom stereocenters. The van der Waals surface area contributed by atoms with Crippen LogP contribution in [-0.4, -0.2) is 12.5 Å². The SMILES string of the molecule is Nc1ccc(F)c(NC(=O)COc2ccc(I)cc2)c1. The number of nitrogens with two attached hydrogens (primary N) is 1. The molecule has 0 heterocycles. The van der Waals surface area contributed by atoms with Crippen molar-refractivity contribution in [1.82, 2.24) is 0 Å². The Bertz CT molecular complexity index is 617. The number of amides is 1. The van der Waals surface area contributed by atoms with Crippen molar-refractivity contribution in [2.45, 2.75) is 0 Å². The maximum Gasteiger partial charge on any atom is 0.262 e. The number of hydrogen-bond acceptors (Lipinski definition) is 3. The highest BCUT2D eigenvalue weighted by molar-refractivity contribution is 14.1. The van der Waals surface area contributed by atoms with Crippen LogP contribution < -0.4 is 15.8 Å². The molecule has 0 saturated carbocycles. The Labute approximate surface area is 129 Å². The lowest BCUT2D eigenvalue weighted by atomic mass is 10.2. The van der Waals surface area contributed by atoms with Gasteiger partial charge in [0.2, 0.25) is 0 Å². The van der Waals surface area contributed by atoms with Gasteiger partial charge in [-0.05, 0) is 65.1 Å². The monoisotopic (exact) mass is 386 g/mol. The fourth-order valence-electron chi connectivity index (χ4n) is 1.50. The number of ether oxygens (including phenoxy) is 1. The van der Waals surface area contributed by atoms with Gasteiger partial charge in [0, 0.05) is 9.26 Å². The van der Waals surface area contributed by atoms with Crippen molar-refractivity contribution < 1.29 is 13.9 Å². The summed E-state index contributed by atoms with van der Waals surface area (Å²) in [5, 5.41) is 2.41. The summed E-state index contributed by atoms with van der Waals surface area (Å²) in [4.78, 5) is 11.7. The summed E-state index contributed by atoms with van der Waals surface area (Å²) in [6, 6.07) is 11.2. The molecule has 4 nitrogen and oxygen atoms in total. The first kappa shape index (κ1) is 14.6. The quantitative estimate of drug-likeness (QED) is 0.627. The summed E-state index contributed by atoms with van der Waals surface area (Å²) < 4.78 is 19.8. The number of rotatable bonds is 4. The van der Waals surface area contributed by atoms with E-state index in [-0.39, 0.29) is 12.3 Å². The van der Waals surface area contributed by atoms with Gasteiger partial charge in [-0.15, -0.1) is 0 Å². The Balaban J connectivity index is 1.92. The molecular formula is C14H12FIN2O2. The first-order chi connectivity index (χ1) is 9.54. The molecule has 2 rings (SSSR count). The Morgan fingerprint density at radius 3 is 2.65 bits per heavy atom. The van der Waals surface area contributed by atoms with Gasteiger partial charge in [0.1, 0.15) is 11.6 Å². The maximum atomic E-state index is 13.4. The first-order valence-corrected chi connectivity index (χ1v) is 6.86. The molecule has 2 aromatic rings. The molecule has 2 aromatic carbocycles. The van der Waals surface area contributed by atoms with E-state index in [9.17, 15) is 9.18 Å². The van der Waals surface area contributed by atoms with E-state index in [1.807, 2.05) is 12.1 Å². The molecule has 0 aliphatic heterocycles. The van der Waals surface area contributed by atoms with Crippen LogP contribution in [0, 0.1) is 9.39 Å². The highest BCUT2D eigenvalue weighted by Gasteiger charge is 2.08. The molecule has 3 N–H and O–H groups in total. The minimum absolute atomic E-state index is 0.0428. The summed E-state index contributed by atoms with van der Waals surface area (Å²) >= 11 is 2.17. The second-order valence-electron chi connectivity index (χ2n) is 4.03. The van der Waals surface area contributed by atoms with Crippen molar-refractivity contribution in [3.8, 4) is 5.75 Å². The zero-order valence-corrected chi connectivity index (χ0v) is 12.6. The molecule has 20 heavy (non-hydrogen) atoms. The minimum Gasteiger partial charge on any atom is -0.484 e. The van der Waals surface area contributed by atoms with Gasteiger partial charge in [-0.2, -0.15) is 0 Å². The second kappa shape index (κ2) is 6.56. The number of nitrogen functional groups attached to an aromatic ring is 1. The van der Waals surface area contributed by atoms with E-state index in [0.29, 0.717) is 11.4 Å². The van der Waals surface area contributed by atoms with Gasteiger partial charge in [-0.1, -0.05) is 0 Å². The molecule has 104 valence electrons. The predicted octanol–water partition coefficient (Wildman–Crippen LogP) is 3.03. The van der Waals surface area contributed by atoms with Crippen molar-refractivity contribution in [2.24, 2.45) is 0 Å². The van der Waals surface area contributed by atoms with Crippen LogP contribution in [0.1, 0.15) is 0 Å². The van der Waals surface area contributed by atoms with Gasteiger partial charge >= 0.3 is 0 Å². The summed E-state index contributed by atoms with van der Waals surface area (Å²) in [5.41, 5.74) is 5.95. The topological polar surface area (TPSA) is 64.3 Å². The number of carbonyl (C=O) groups is 1. The largest absolute Gasteiger partial charge is 0.484 e. The molecule has 0 bridgehead atoms. The Kier molecular flexibility index (Phi) is 4.78. The number of halogens is 2. The summed E-state index contributed by atoms with van der Waals surface area (Å²) in [7, 11) is 0. The third kappa shape index (κ3) is 4.09. The molecule has 1 amide bonds. The molecule has 0 spiro atoms. The normalized spacial score (nSPS) is 10.1. The van der Waals surface area contributed by atoms with E-state index < -0.39 is 11.7 Å². The fraction of sp³-hybridized carbons (Fsp3) is 0.0714. The van der Waals surface area contributed by atoms with Crippen LogP contribution >= 0.6 is 22.6 Å². The van der Waals surface area contributed by atoms with Crippen molar-refractivity contribution in [3.05, 3.63) is 51.9 Å². The Morgan fingerprint density at radius 1 is 1.25 bits per heavy atom. The van der Waals surface area contributed by atoms with Crippen LogP contribution in [-0.2, 0) is 4.79 Å². The van der Waals surface area contributed by atoms with Crippen molar-refractivity contribution in [3.63, 3.8) is 0 Å². The Morgan fingerprint density at radius 2 is 1.95 bits per heavy atom. The zero-order valence-electron chi connectivity index (χ0n) is 10.4. The van der Waals surface area contributed by atoms with Gasteiger partial charge in [-0.25, -0.2) is 4.39 Å². The lowest BCUT2D eigenvalue weighted by molar-refractivity contribution is -0.118. The summed E-state index contributed by atoms with van der Waals surface area (Å²) in [6.07, 6.45) is 0.